The monoisotopic (exact) mass is 318 g/mol. The van der Waals surface area contributed by atoms with Crippen LogP contribution in [0.5, 0.6) is 0 Å². The van der Waals surface area contributed by atoms with Crippen LogP contribution in [-0.4, -0.2) is 22.4 Å². The van der Waals surface area contributed by atoms with Crippen molar-refractivity contribution in [3.8, 4) is 0 Å². The molecular weight excluding hydrogens is 296 g/mol. The molecule has 22 heavy (non-hydrogen) atoms. The smallest absolute Gasteiger partial charge is 0.234 e. The molecule has 0 atom stereocenters. The minimum absolute atomic E-state index is 0.0399. The van der Waals surface area contributed by atoms with Crippen LogP contribution in [0.25, 0.3) is 0 Å². The highest BCUT2D eigenvalue weighted by Gasteiger charge is 2.25. The van der Waals surface area contributed by atoms with Gasteiger partial charge >= 0.3 is 0 Å². The fourth-order valence-corrected chi connectivity index (χ4v) is 2.88. The zero-order chi connectivity index (χ0) is 16.2. The van der Waals surface area contributed by atoms with E-state index in [9.17, 15) is 4.79 Å². The van der Waals surface area contributed by atoms with E-state index in [1.54, 1.807) is 23.7 Å². The second-order valence-corrected chi connectivity index (χ2v) is 6.98. The van der Waals surface area contributed by atoms with Crippen LogP contribution in [0.3, 0.4) is 0 Å². The van der Waals surface area contributed by atoms with Crippen LogP contribution in [0.15, 0.2) is 24.5 Å². The Hall–Kier alpha value is -1.79. The third kappa shape index (κ3) is 4.35. The third-order valence-electron chi connectivity index (χ3n) is 3.47. The first-order chi connectivity index (χ1) is 10.4. The Morgan fingerprint density at radius 2 is 2.14 bits per heavy atom. The van der Waals surface area contributed by atoms with E-state index in [1.807, 2.05) is 32.9 Å². The summed E-state index contributed by atoms with van der Waals surface area (Å²) in [6.45, 7) is 8.90. The summed E-state index contributed by atoms with van der Waals surface area (Å²) in [4.78, 5) is 21.8. The normalized spacial score (nSPS) is 11.5. The Bertz CT molecular complexity index is 617. The number of nitrogens with one attached hydrogen (secondary N) is 2. The third-order valence-corrected chi connectivity index (χ3v) is 4.86. The number of amides is 1. The van der Waals surface area contributed by atoms with Gasteiger partial charge in [-0.2, -0.15) is 0 Å². The van der Waals surface area contributed by atoms with Crippen LogP contribution in [0, 0.1) is 13.8 Å². The van der Waals surface area contributed by atoms with Gasteiger partial charge in [-0.25, -0.2) is 4.98 Å². The number of carbonyl (C=O) groups excluding carboxylic acids is 1. The molecule has 1 amide bonds. The molecule has 0 aliphatic rings. The average Bonchev–Trinajstić information content (AvgIpc) is 2.85. The van der Waals surface area contributed by atoms with Crippen LogP contribution >= 0.6 is 11.3 Å². The topological polar surface area (TPSA) is 66.9 Å². The molecule has 0 bridgehead atoms. The maximum absolute atomic E-state index is 12.0. The van der Waals surface area contributed by atoms with E-state index < -0.39 is 0 Å². The van der Waals surface area contributed by atoms with E-state index in [2.05, 4.69) is 27.5 Å². The van der Waals surface area contributed by atoms with E-state index in [4.69, 9.17) is 0 Å². The summed E-state index contributed by atoms with van der Waals surface area (Å²) in [6.07, 6.45) is 3.46. The Morgan fingerprint density at radius 3 is 2.73 bits per heavy atom. The molecule has 0 saturated heterocycles. The second kappa shape index (κ2) is 6.98. The number of rotatable bonds is 6. The lowest BCUT2D eigenvalue weighted by Gasteiger charge is -2.23. The molecule has 0 aliphatic heterocycles. The first-order valence-corrected chi connectivity index (χ1v) is 8.05. The standard InChI is InChI=1S/C16H22N4OS/c1-11-12(2)22-15(20-11)16(3,4)19-10-14(21)18-9-13-6-5-7-17-8-13/h5-8,19H,9-10H2,1-4H3,(H,18,21). The fourth-order valence-electron chi connectivity index (χ4n) is 1.88. The molecule has 0 spiro atoms. The highest BCUT2D eigenvalue weighted by atomic mass is 32.1. The Labute approximate surface area is 135 Å². The van der Waals surface area contributed by atoms with Crippen LogP contribution < -0.4 is 10.6 Å². The Balaban J connectivity index is 1.84. The Kier molecular flexibility index (Phi) is 5.26. The van der Waals surface area contributed by atoms with E-state index in [1.165, 1.54) is 4.88 Å². The van der Waals surface area contributed by atoms with Gasteiger partial charge in [0.1, 0.15) is 5.01 Å². The van der Waals surface area contributed by atoms with Crippen molar-refractivity contribution < 1.29 is 4.79 Å². The number of thiazole rings is 1. The lowest BCUT2D eigenvalue weighted by atomic mass is 10.1. The molecule has 2 N–H and O–H groups in total. The first-order valence-electron chi connectivity index (χ1n) is 7.23. The van der Waals surface area contributed by atoms with E-state index >= 15 is 0 Å². The molecule has 2 rings (SSSR count). The maximum Gasteiger partial charge on any atom is 0.234 e. The maximum atomic E-state index is 12.0. The molecule has 0 aromatic carbocycles. The molecule has 0 aliphatic carbocycles. The largest absolute Gasteiger partial charge is 0.351 e. The molecular formula is C16H22N4OS. The lowest BCUT2D eigenvalue weighted by Crippen LogP contribution is -2.43. The number of hydrogen-bond donors (Lipinski definition) is 2. The van der Waals surface area contributed by atoms with Crippen molar-refractivity contribution in [1.29, 1.82) is 0 Å². The zero-order valence-electron chi connectivity index (χ0n) is 13.4. The van der Waals surface area contributed by atoms with Gasteiger partial charge in [-0.15, -0.1) is 11.3 Å². The minimum Gasteiger partial charge on any atom is -0.351 e. The van der Waals surface area contributed by atoms with Crippen molar-refractivity contribution in [2.45, 2.75) is 39.8 Å². The van der Waals surface area contributed by atoms with Gasteiger partial charge in [-0.05, 0) is 39.3 Å². The minimum atomic E-state index is -0.324. The molecule has 0 fully saturated rings. The molecule has 6 heteroatoms. The lowest BCUT2D eigenvalue weighted by molar-refractivity contribution is -0.120. The number of carbonyl (C=O) groups is 1. The van der Waals surface area contributed by atoms with Crippen LogP contribution in [0.2, 0.25) is 0 Å². The van der Waals surface area contributed by atoms with Crippen molar-refractivity contribution in [3.05, 3.63) is 45.7 Å². The van der Waals surface area contributed by atoms with Gasteiger partial charge in [-0.3, -0.25) is 15.1 Å². The zero-order valence-corrected chi connectivity index (χ0v) is 14.3. The van der Waals surface area contributed by atoms with Crippen LogP contribution in [-0.2, 0) is 16.9 Å². The predicted molar refractivity (Wildman–Crippen MR) is 88.7 cm³/mol. The molecule has 118 valence electrons. The Morgan fingerprint density at radius 1 is 1.36 bits per heavy atom. The summed E-state index contributed by atoms with van der Waals surface area (Å²) in [5.41, 5.74) is 1.71. The van der Waals surface area contributed by atoms with Gasteiger partial charge in [0.05, 0.1) is 17.8 Å². The number of nitrogens with zero attached hydrogens (tertiary/aromatic N) is 2. The van der Waals surface area contributed by atoms with E-state index in [-0.39, 0.29) is 18.0 Å². The molecule has 5 nitrogen and oxygen atoms in total. The van der Waals surface area contributed by atoms with Gasteiger partial charge < -0.3 is 5.32 Å². The van der Waals surface area contributed by atoms with Crippen molar-refractivity contribution in [3.63, 3.8) is 0 Å². The average molecular weight is 318 g/mol. The quantitative estimate of drug-likeness (QED) is 0.857. The van der Waals surface area contributed by atoms with Crippen molar-refractivity contribution >= 4 is 17.2 Å². The molecule has 2 aromatic heterocycles. The summed E-state index contributed by atoms with van der Waals surface area (Å²) < 4.78 is 0. The number of pyridine rings is 1. The molecule has 0 saturated carbocycles. The van der Waals surface area contributed by atoms with E-state index in [0.717, 1.165) is 16.3 Å². The summed E-state index contributed by atoms with van der Waals surface area (Å²) in [5, 5.41) is 7.16. The SMILES string of the molecule is Cc1nc(C(C)(C)NCC(=O)NCc2cccnc2)sc1C. The molecule has 2 heterocycles. The molecule has 0 radical (unpaired) electrons. The summed E-state index contributed by atoms with van der Waals surface area (Å²) >= 11 is 1.67. The van der Waals surface area contributed by atoms with Gasteiger partial charge in [0, 0.05) is 23.8 Å². The second-order valence-electron chi connectivity index (χ2n) is 5.78. The first kappa shape index (κ1) is 16.6. The van der Waals surface area contributed by atoms with Gasteiger partial charge in [0.15, 0.2) is 0 Å². The molecule has 2 aromatic rings. The van der Waals surface area contributed by atoms with Crippen molar-refractivity contribution in [1.82, 2.24) is 20.6 Å². The molecule has 0 unspecified atom stereocenters. The highest BCUT2D eigenvalue weighted by molar-refractivity contribution is 7.11. The number of aryl methyl sites for hydroxylation is 2. The van der Waals surface area contributed by atoms with Crippen LogP contribution in [0.1, 0.15) is 35.0 Å². The number of aromatic nitrogens is 2. The van der Waals surface area contributed by atoms with Gasteiger partial charge in [-0.1, -0.05) is 6.07 Å². The summed E-state index contributed by atoms with van der Waals surface area (Å²) in [7, 11) is 0. The fraction of sp³-hybridized carbons (Fsp3) is 0.438. The summed E-state index contributed by atoms with van der Waals surface area (Å²) in [6, 6.07) is 3.79. The van der Waals surface area contributed by atoms with Crippen molar-refractivity contribution in [2.24, 2.45) is 0 Å². The van der Waals surface area contributed by atoms with E-state index in [0.29, 0.717) is 6.54 Å². The van der Waals surface area contributed by atoms with Crippen molar-refractivity contribution in [2.75, 3.05) is 6.54 Å². The summed E-state index contributed by atoms with van der Waals surface area (Å²) in [5.74, 6) is -0.0399. The van der Waals surface area contributed by atoms with Crippen LogP contribution in [0.4, 0.5) is 0 Å². The van der Waals surface area contributed by atoms with Gasteiger partial charge in [0.25, 0.3) is 0 Å². The number of hydrogen-bond acceptors (Lipinski definition) is 5. The predicted octanol–water partition coefficient (Wildman–Crippen LogP) is 2.30. The van der Waals surface area contributed by atoms with Gasteiger partial charge in [0.2, 0.25) is 5.91 Å². The highest BCUT2D eigenvalue weighted by Crippen LogP contribution is 2.26.